The van der Waals surface area contributed by atoms with Crippen molar-refractivity contribution in [2.75, 3.05) is 43.5 Å². The number of para-hydroxylation sites is 2. The topological polar surface area (TPSA) is 121 Å². The van der Waals surface area contributed by atoms with E-state index in [1.54, 1.807) is 26.3 Å². The average molecular weight is 551 g/mol. The lowest BCUT2D eigenvalue weighted by atomic mass is 10.2. The van der Waals surface area contributed by atoms with Crippen molar-refractivity contribution in [2.24, 2.45) is 0 Å². The maximum absolute atomic E-state index is 13.2. The summed E-state index contributed by atoms with van der Waals surface area (Å²) in [5.41, 5.74) is 3.95. The van der Waals surface area contributed by atoms with E-state index in [2.05, 4.69) is 20.2 Å². The molecule has 4 heterocycles. The molecule has 0 radical (unpaired) electrons. The number of benzene rings is 2. The SMILES string of the molecule is COc1ccc(Cn2nc(NC(=O)c3ccc(N4CCN(C(C)=O)CC4)nc3)cc2-c2nc3ccccc3[nH]2)cc1. The summed E-state index contributed by atoms with van der Waals surface area (Å²) in [7, 11) is 1.64. The van der Waals surface area contributed by atoms with E-state index in [4.69, 9.17) is 14.8 Å². The Labute approximate surface area is 236 Å². The van der Waals surface area contributed by atoms with Crippen LogP contribution in [0, 0.1) is 0 Å². The van der Waals surface area contributed by atoms with E-state index in [1.165, 1.54) is 0 Å². The number of fused-ring (bicyclic) bond motifs is 1. The zero-order chi connectivity index (χ0) is 28.3. The van der Waals surface area contributed by atoms with Crippen molar-refractivity contribution in [2.45, 2.75) is 13.5 Å². The molecule has 1 aliphatic rings. The Hall–Kier alpha value is -5.19. The van der Waals surface area contributed by atoms with E-state index in [-0.39, 0.29) is 11.8 Å². The number of carbonyl (C=O) groups is 2. The quantitative estimate of drug-likeness (QED) is 0.316. The zero-order valence-electron chi connectivity index (χ0n) is 22.9. The fourth-order valence-electron chi connectivity index (χ4n) is 4.91. The third-order valence-corrected chi connectivity index (χ3v) is 7.20. The monoisotopic (exact) mass is 550 g/mol. The van der Waals surface area contributed by atoms with E-state index in [0.717, 1.165) is 33.9 Å². The van der Waals surface area contributed by atoms with Gasteiger partial charge in [0, 0.05) is 45.4 Å². The van der Waals surface area contributed by atoms with Crippen molar-refractivity contribution >= 4 is 34.5 Å². The molecule has 0 saturated carbocycles. The second kappa shape index (κ2) is 11.1. The van der Waals surface area contributed by atoms with Crippen LogP contribution in [0.5, 0.6) is 5.75 Å². The molecule has 2 N–H and O–H groups in total. The molecular formula is C30H30N8O3. The molecule has 11 heteroatoms. The van der Waals surface area contributed by atoms with Gasteiger partial charge in [0.15, 0.2) is 11.6 Å². The molecule has 208 valence electrons. The molecule has 6 rings (SSSR count). The summed E-state index contributed by atoms with van der Waals surface area (Å²) in [6, 6.07) is 21.0. The summed E-state index contributed by atoms with van der Waals surface area (Å²) in [5, 5.41) is 7.62. The number of aromatic amines is 1. The molecule has 0 spiro atoms. The Morgan fingerprint density at radius 2 is 1.78 bits per heavy atom. The van der Waals surface area contributed by atoms with Crippen LogP contribution < -0.4 is 15.0 Å². The summed E-state index contributed by atoms with van der Waals surface area (Å²) >= 11 is 0. The van der Waals surface area contributed by atoms with Gasteiger partial charge in [-0.2, -0.15) is 5.10 Å². The Morgan fingerprint density at radius 1 is 1.00 bits per heavy atom. The van der Waals surface area contributed by atoms with Crippen molar-refractivity contribution in [3.05, 3.63) is 84.1 Å². The molecule has 3 aromatic heterocycles. The highest BCUT2D eigenvalue weighted by molar-refractivity contribution is 6.03. The number of pyridine rings is 1. The average Bonchev–Trinajstić information content (AvgIpc) is 3.61. The van der Waals surface area contributed by atoms with Crippen LogP contribution in [-0.2, 0) is 11.3 Å². The van der Waals surface area contributed by atoms with Crippen molar-refractivity contribution in [3.8, 4) is 17.3 Å². The molecule has 0 atom stereocenters. The lowest BCUT2D eigenvalue weighted by Gasteiger charge is -2.34. The highest BCUT2D eigenvalue weighted by Gasteiger charge is 2.21. The molecule has 11 nitrogen and oxygen atoms in total. The molecule has 41 heavy (non-hydrogen) atoms. The molecule has 1 aliphatic heterocycles. The minimum absolute atomic E-state index is 0.0829. The van der Waals surface area contributed by atoms with Crippen molar-refractivity contribution in [1.82, 2.24) is 29.6 Å². The molecule has 0 aliphatic carbocycles. The van der Waals surface area contributed by atoms with Crippen LogP contribution in [0.4, 0.5) is 11.6 Å². The predicted molar refractivity (Wildman–Crippen MR) is 156 cm³/mol. The highest BCUT2D eigenvalue weighted by atomic mass is 16.5. The van der Waals surface area contributed by atoms with Crippen LogP contribution >= 0.6 is 0 Å². The number of piperazine rings is 1. The Kier molecular flexibility index (Phi) is 7.07. The number of anilines is 2. The number of hydrogen-bond acceptors (Lipinski definition) is 7. The van der Waals surface area contributed by atoms with Crippen molar-refractivity contribution in [3.63, 3.8) is 0 Å². The van der Waals surface area contributed by atoms with Gasteiger partial charge in [0.25, 0.3) is 5.91 Å². The van der Waals surface area contributed by atoms with E-state index < -0.39 is 0 Å². The minimum atomic E-state index is -0.310. The zero-order valence-corrected chi connectivity index (χ0v) is 22.9. The van der Waals surface area contributed by atoms with Gasteiger partial charge in [-0.05, 0) is 42.0 Å². The second-order valence-corrected chi connectivity index (χ2v) is 9.88. The first-order valence-corrected chi connectivity index (χ1v) is 13.4. The Morgan fingerprint density at radius 3 is 2.46 bits per heavy atom. The van der Waals surface area contributed by atoms with Crippen LogP contribution in [0.2, 0.25) is 0 Å². The van der Waals surface area contributed by atoms with Crippen LogP contribution in [0.3, 0.4) is 0 Å². The van der Waals surface area contributed by atoms with Crippen LogP contribution in [-0.4, -0.2) is 74.7 Å². The van der Waals surface area contributed by atoms with E-state index in [9.17, 15) is 9.59 Å². The summed E-state index contributed by atoms with van der Waals surface area (Å²) in [6.45, 7) is 4.78. The van der Waals surface area contributed by atoms with Crippen molar-refractivity contribution in [1.29, 1.82) is 0 Å². The number of nitrogens with zero attached hydrogens (tertiary/aromatic N) is 6. The second-order valence-electron chi connectivity index (χ2n) is 9.88. The number of aromatic nitrogens is 5. The maximum atomic E-state index is 13.2. The summed E-state index contributed by atoms with van der Waals surface area (Å²) < 4.78 is 7.10. The minimum Gasteiger partial charge on any atom is -0.497 e. The van der Waals surface area contributed by atoms with Crippen molar-refractivity contribution < 1.29 is 14.3 Å². The number of carbonyl (C=O) groups excluding carboxylic acids is 2. The van der Waals surface area contributed by atoms with Gasteiger partial charge in [-0.3, -0.25) is 14.3 Å². The lowest BCUT2D eigenvalue weighted by Crippen LogP contribution is -2.48. The Bertz CT molecular complexity index is 1650. The largest absolute Gasteiger partial charge is 0.497 e. The van der Waals surface area contributed by atoms with Gasteiger partial charge in [0.1, 0.15) is 17.3 Å². The van der Waals surface area contributed by atoms with E-state index in [0.29, 0.717) is 49.9 Å². The number of hydrogen-bond donors (Lipinski definition) is 2. The summed E-state index contributed by atoms with van der Waals surface area (Å²) in [6.07, 6.45) is 1.57. The van der Waals surface area contributed by atoms with Gasteiger partial charge in [-0.1, -0.05) is 24.3 Å². The lowest BCUT2D eigenvalue weighted by molar-refractivity contribution is -0.129. The number of ether oxygens (including phenoxy) is 1. The fourth-order valence-corrected chi connectivity index (χ4v) is 4.91. The number of imidazole rings is 1. The first kappa shape index (κ1) is 26.1. The molecule has 1 saturated heterocycles. The first-order chi connectivity index (χ1) is 20.0. The highest BCUT2D eigenvalue weighted by Crippen LogP contribution is 2.25. The van der Waals surface area contributed by atoms with Gasteiger partial charge in [0.05, 0.1) is 30.3 Å². The standard InChI is InChI=1S/C30H30N8O3/c1-20(39)36-13-15-37(16-14-36)28-12-9-22(18-31-28)30(40)34-27-17-26(29-32-24-5-3-4-6-25(24)33-29)38(35-27)19-21-7-10-23(41-2)11-8-21/h3-12,17-18H,13-16,19H2,1-2H3,(H,32,33)(H,34,35,40). The molecular weight excluding hydrogens is 520 g/mol. The van der Waals surface area contributed by atoms with E-state index >= 15 is 0 Å². The Balaban J connectivity index is 1.22. The van der Waals surface area contributed by atoms with Crippen LogP contribution in [0.25, 0.3) is 22.6 Å². The third kappa shape index (κ3) is 5.60. The normalized spacial score (nSPS) is 13.4. The number of nitrogens with one attached hydrogen (secondary N) is 2. The number of rotatable bonds is 7. The molecule has 1 fully saturated rings. The number of H-pyrrole nitrogens is 1. The molecule has 2 amide bonds. The number of amides is 2. The number of methoxy groups -OCH3 is 1. The summed E-state index contributed by atoms with van der Waals surface area (Å²) in [4.78, 5) is 41.3. The predicted octanol–water partition coefficient (Wildman–Crippen LogP) is 3.80. The summed E-state index contributed by atoms with van der Waals surface area (Å²) in [5.74, 6) is 2.39. The maximum Gasteiger partial charge on any atom is 0.258 e. The fraction of sp³-hybridized carbons (Fsp3) is 0.233. The van der Waals surface area contributed by atoms with Gasteiger partial charge in [-0.15, -0.1) is 0 Å². The van der Waals surface area contributed by atoms with Crippen LogP contribution in [0.15, 0.2) is 72.9 Å². The van der Waals surface area contributed by atoms with Gasteiger partial charge in [0.2, 0.25) is 5.91 Å². The molecule has 0 unspecified atom stereocenters. The van der Waals surface area contributed by atoms with Crippen LogP contribution in [0.1, 0.15) is 22.8 Å². The third-order valence-electron chi connectivity index (χ3n) is 7.20. The molecule has 5 aromatic rings. The first-order valence-electron chi connectivity index (χ1n) is 13.4. The van der Waals surface area contributed by atoms with Gasteiger partial charge >= 0.3 is 0 Å². The molecule has 0 bridgehead atoms. The smallest absolute Gasteiger partial charge is 0.258 e. The van der Waals surface area contributed by atoms with Gasteiger partial charge in [-0.25, -0.2) is 9.97 Å². The van der Waals surface area contributed by atoms with Gasteiger partial charge < -0.3 is 24.8 Å². The molecule has 2 aromatic carbocycles. The van der Waals surface area contributed by atoms with E-state index in [1.807, 2.05) is 70.2 Å².